The van der Waals surface area contributed by atoms with Crippen LogP contribution in [-0.2, 0) is 4.84 Å². The molecule has 1 fully saturated rings. The Hall–Kier alpha value is -2.58. The average Bonchev–Trinajstić information content (AvgIpc) is 3.33. The molecule has 2 aromatic carbocycles. The Morgan fingerprint density at radius 3 is 2.96 bits per heavy atom. The molecule has 1 amide bonds. The molecule has 0 atom stereocenters. The van der Waals surface area contributed by atoms with Crippen LogP contribution in [0.4, 0.5) is 15.8 Å². The zero-order valence-corrected chi connectivity index (χ0v) is 15.4. The van der Waals surface area contributed by atoms with Crippen molar-refractivity contribution in [2.45, 2.75) is 12.8 Å². The Bertz CT molecular complexity index is 1020. The van der Waals surface area contributed by atoms with Crippen molar-refractivity contribution < 1.29 is 14.0 Å². The van der Waals surface area contributed by atoms with Crippen LogP contribution in [0.5, 0.6) is 0 Å². The molecule has 1 aliphatic carbocycles. The van der Waals surface area contributed by atoms with Gasteiger partial charge in [-0.25, -0.2) is 14.9 Å². The highest BCUT2D eigenvalue weighted by Crippen LogP contribution is 2.32. The smallest absolute Gasteiger partial charge is 0.277 e. The molecule has 1 aliphatic rings. The number of carbonyl (C=O) groups excluding carboxylic acids is 1. The number of nitrogens with zero attached hydrogens (tertiary/aromatic N) is 1. The Labute approximate surface area is 160 Å². The number of fused-ring (bicyclic) bond motifs is 1. The monoisotopic (exact) mass is 386 g/mol. The number of carbonyl (C=O) groups is 1. The third-order valence-electron chi connectivity index (χ3n) is 4.46. The molecule has 0 saturated heterocycles. The van der Waals surface area contributed by atoms with Crippen LogP contribution in [0.25, 0.3) is 11.0 Å². The maximum Gasteiger partial charge on any atom is 0.277 e. The molecule has 6 nitrogen and oxygen atoms in total. The molecular weight excluding hydrogens is 369 g/mol. The fourth-order valence-electron chi connectivity index (χ4n) is 2.76. The van der Waals surface area contributed by atoms with Crippen molar-refractivity contribution in [1.29, 1.82) is 0 Å². The third-order valence-corrected chi connectivity index (χ3v) is 4.78. The molecule has 1 saturated carbocycles. The minimum Gasteiger partial charge on any atom is -0.351 e. The fourth-order valence-corrected chi connectivity index (χ4v) is 3.05. The molecule has 1 heterocycles. The van der Waals surface area contributed by atoms with E-state index in [1.165, 1.54) is 12.4 Å². The summed E-state index contributed by atoms with van der Waals surface area (Å²) in [5.74, 6) is -0.699. The van der Waals surface area contributed by atoms with Gasteiger partial charge < -0.3 is 10.3 Å². The van der Waals surface area contributed by atoms with E-state index in [-0.39, 0.29) is 16.8 Å². The Morgan fingerprint density at radius 1 is 1.41 bits per heavy atom. The average molecular weight is 387 g/mol. The second kappa shape index (κ2) is 7.21. The first-order chi connectivity index (χ1) is 13.0. The zero-order valence-electron chi connectivity index (χ0n) is 14.6. The predicted molar refractivity (Wildman–Crippen MR) is 105 cm³/mol. The molecule has 4 rings (SSSR count). The predicted octanol–water partition coefficient (Wildman–Crippen LogP) is 2.43. The van der Waals surface area contributed by atoms with Crippen LogP contribution in [-0.4, -0.2) is 30.3 Å². The van der Waals surface area contributed by atoms with E-state index in [2.05, 4.69) is 20.8 Å². The van der Waals surface area contributed by atoms with Gasteiger partial charge in [-0.15, -0.1) is 0 Å². The molecule has 0 aliphatic heterocycles. The summed E-state index contributed by atoms with van der Waals surface area (Å²) in [5, 5.41) is 3.36. The summed E-state index contributed by atoms with van der Waals surface area (Å²) in [4.78, 5) is 24.7. The number of H-pyrrole nitrogens is 1. The topological polar surface area (TPSA) is 79.0 Å². The fraction of sp³-hybridized carbons (Fsp3) is 0.222. The van der Waals surface area contributed by atoms with Crippen LogP contribution >= 0.6 is 11.6 Å². The second-order valence-electron chi connectivity index (χ2n) is 6.71. The lowest BCUT2D eigenvalue weighted by Crippen LogP contribution is -2.26. The van der Waals surface area contributed by atoms with Gasteiger partial charge in [0.2, 0.25) is 0 Å². The van der Waals surface area contributed by atoms with Crippen LogP contribution < -0.4 is 16.3 Å². The lowest BCUT2D eigenvalue weighted by molar-refractivity contribution is 0.0271. The summed E-state index contributed by atoms with van der Waals surface area (Å²) < 4.78 is 15.1. The van der Waals surface area contributed by atoms with Gasteiger partial charge in [-0.1, -0.05) is 23.1 Å². The summed E-state index contributed by atoms with van der Waals surface area (Å²) in [6.45, 7) is 0.451. The van der Waals surface area contributed by atoms with Crippen LogP contribution in [0.3, 0.4) is 0 Å². The Kier molecular flexibility index (Phi) is 4.76. The highest BCUT2D eigenvalue weighted by atomic mass is 35.5. The number of aromatic nitrogens is 2. The number of imidazole rings is 1. The number of hydrogen-bond donors (Lipinski definition) is 3. The second-order valence-corrected chi connectivity index (χ2v) is 7.11. The van der Waals surface area contributed by atoms with Crippen molar-refractivity contribution in [3.05, 3.63) is 47.0 Å². The largest absolute Gasteiger partial charge is 0.351 e. The molecule has 3 N–H and O–H groups in total. The molecule has 0 bridgehead atoms. The lowest BCUT2D eigenvalue weighted by atomic mass is 9.96. The van der Waals surface area contributed by atoms with Crippen molar-refractivity contribution in [2.75, 3.05) is 11.9 Å². The highest BCUT2D eigenvalue weighted by molar-refractivity contribution is 6.37. The van der Waals surface area contributed by atoms with Gasteiger partial charge in [0.15, 0.2) is 5.82 Å². The van der Waals surface area contributed by atoms with Gasteiger partial charge in [-0.3, -0.25) is 9.63 Å². The van der Waals surface area contributed by atoms with Crippen molar-refractivity contribution in [1.82, 2.24) is 15.4 Å². The molecule has 9 heteroatoms. The summed E-state index contributed by atoms with van der Waals surface area (Å²) in [6, 6.07) is 6.87. The number of hydroxylamine groups is 1. The number of nitrogens with one attached hydrogen (secondary N) is 3. The lowest BCUT2D eigenvalue weighted by Gasteiger charge is -2.15. The number of halogens is 2. The number of hydrogen-bond acceptors (Lipinski definition) is 4. The van der Waals surface area contributed by atoms with E-state index < -0.39 is 11.7 Å². The first-order valence-corrected chi connectivity index (χ1v) is 9.01. The maximum absolute atomic E-state index is 15.1. The summed E-state index contributed by atoms with van der Waals surface area (Å²) >= 11 is 6.25. The number of benzene rings is 2. The molecule has 0 unspecified atom stereocenters. The van der Waals surface area contributed by atoms with E-state index >= 15 is 4.39 Å². The van der Waals surface area contributed by atoms with Crippen molar-refractivity contribution in [3.63, 3.8) is 0 Å². The van der Waals surface area contributed by atoms with Gasteiger partial charge in [0, 0.05) is 0 Å². The number of anilines is 2. The quantitative estimate of drug-likeness (QED) is 0.449. The van der Waals surface area contributed by atoms with E-state index in [0.29, 0.717) is 28.8 Å². The Balaban J connectivity index is 1.69. The van der Waals surface area contributed by atoms with Crippen molar-refractivity contribution in [2.24, 2.45) is 5.92 Å². The third kappa shape index (κ3) is 3.77. The molecule has 0 radical (unpaired) electrons. The first-order valence-electron chi connectivity index (χ1n) is 8.64. The number of amides is 1. The van der Waals surface area contributed by atoms with Crippen molar-refractivity contribution in [3.8, 4) is 0 Å². The summed E-state index contributed by atoms with van der Waals surface area (Å²) in [7, 11) is 1.90. The maximum atomic E-state index is 15.1. The van der Waals surface area contributed by atoms with E-state index in [1.807, 2.05) is 13.9 Å². The van der Waals surface area contributed by atoms with Crippen molar-refractivity contribution >= 4 is 53.2 Å². The van der Waals surface area contributed by atoms with Gasteiger partial charge in [-0.05, 0) is 37.0 Å². The molecule has 138 valence electrons. The van der Waals surface area contributed by atoms with E-state index in [4.69, 9.17) is 16.4 Å². The minimum atomic E-state index is -0.641. The van der Waals surface area contributed by atoms with Crippen LogP contribution in [0.2, 0.25) is 5.02 Å². The van der Waals surface area contributed by atoms with Gasteiger partial charge in [0.25, 0.3) is 5.91 Å². The van der Waals surface area contributed by atoms with Gasteiger partial charge in [0.1, 0.15) is 13.4 Å². The van der Waals surface area contributed by atoms with E-state index in [1.54, 1.807) is 12.1 Å². The molecule has 3 aromatic rings. The number of rotatable bonds is 6. The normalized spacial score (nSPS) is 13.7. The van der Waals surface area contributed by atoms with Crippen LogP contribution in [0.1, 0.15) is 23.2 Å². The van der Waals surface area contributed by atoms with Gasteiger partial charge in [0.05, 0.1) is 40.4 Å². The Morgan fingerprint density at radius 2 is 2.22 bits per heavy atom. The molecule has 1 aromatic heterocycles. The number of aromatic amines is 1. The zero-order chi connectivity index (χ0) is 19.0. The standard InChI is InChI=1S/C18H17BClFN4O2/c19-10-3-4-13(12(20)5-10)24-16-11(18(26)25-27-7-9-1-2-9)6-14-17(15(16)21)23-8-22-14/h3-6,8-9,24H,1-2,7,19H2,(H,22,23)(H,25,26). The first kappa shape index (κ1) is 17.8. The van der Waals surface area contributed by atoms with Crippen LogP contribution in [0.15, 0.2) is 30.6 Å². The van der Waals surface area contributed by atoms with E-state index in [0.717, 1.165) is 18.3 Å². The molecule has 27 heavy (non-hydrogen) atoms. The summed E-state index contributed by atoms with van der Waals surface area (Å²) in [5.41, 5.74) is 4.49. The molecule has 0 spiro atoms. The van der Waals surface area contributed by atoms with Gasteiger partial charge in [-0.2, -0.15) is 0 Å². The minimum absolute atomic E-state index is 0.00660. The van der Waals surface area contributed by atoms with Gasteiger partial charge >= 0.3 is 0 Å². The van der Waals surface area contributed by atoms with E-state index in [9.17, 15) is 4.79 Å². The highest BCUT2D eigenvalue weighted by Gasteiger charge is 2.24. The van der Waals surface area contributed by atoms with Crippen LogP contribution in [0, 0.1) is 11.7 Å². The SMILES string of the molecule is Bc1ccc(Nc2c(C(=O)NOCC3CC3)cc3[nH]cnc3c2F)c(Cl)c1. The summed E-state index contributed by atoms with van der Waals surface area (Å²) in [6.07, 6.45) is 3.58. The molecular formula is C18H17BClFN4O2.